The van der Waals surface area contributed by atoms with Gasteiger partial charge in [0.1, 0.15) is 0 Å². The smallest absolute Gasteiger partial charge is 0.234 e. The van der Waals surface area contributed by atoms with Gasteiger partial charge >= 0.3 is 0 Å². The average molecular weight is 290 g/mol. The highest BCUT2D eigenvalue weighted by Crippen LogP contribution is 2.08. The predicted octanol–water partition coefficient (Wildman–Crippen LogP) is 1.08. The first-order valence-electron chi connectivity index (χ1n) is 5.96. The van der Waals surface area contributed by atoms with E-state index in [-0.39, 0.29) is 18.3 Å². The van der Waals surface area contributed by atoms with Crippen molar-refractivity contribution in [1.29, 1.82) is 0 Å². The number of rotatable bonds is 5. The molecule has 0 bridgehead atoms. The van der Waals surface area contributed by atoms with E-state index in [2.05, 4.69) is 15.5 Å². The highest BCUT2D eigenvalue weighted by Gasteiger charge is 2.20. The number of carbonyl (C=O) groups is 1. The van der Waals surface area contributed by atoms with Crippen LogP contribution < -0.4 is 10.6 Å². The average Bonchev–Trinajstić information content (AvgIpc) is 2.99. The second-order valence-electron chi connectivity index (χ2n) is 4.42. The minimum Gasteiger partial charge on any atom is -0.350 e. The van der Waals surface area contributed by atoms with Crippen LogP contribution in [0.1, 0.15) is 11.3 Å². The standard InChI is InChI=1S/C12H19N3OS.ClH/c1-15(10-4-5-13-7-10)9-12(16)14-8-11-3-2-6-17-11;/h2-3,6,10,13H,4-5,7-9H2,1H3,(H,14,16);1H. The van der Waals surface area contributed by atoms with E-state index < -0.39 is 0 Å². The molecule has 1 aromatic heterocycles. The maximum atomic E-state index is 11.7. The summed E-state index contributed by atoms with van der Waals surface area (Å²) in [6, 6.07) is 4.54. The maximum Gasteiger partial charge on any atom is 0.234 e. The Hall–Kier alpha value is -0.620. The van der Waals surface area contributed by atoms with Crippen molar-refractivity contribution >= 4 is 29.7 Å². The minimum atomic E-state index is 0. The summed E-state index contributed by atoms with van der Waals surface area (Å²) in [5.74, 6) is 0.104. The summed E-state index contributed by atoms with van der Waals surface area (Å²) in [7, 11) is 2.02. The number of nitrogens with zero attached hydrogens (tertiary/aromatic N) is 1. The number of carbonyl (C=O) groups excluding carboxylic acids is 1. The summed E-state index contributed by atoms with van der Waals surface area (Å²) in [5, 5.41) is 8.28. The highest BCUT2D eigenvalue weighted by atomic mass is 35.5. The molecular weight excluding hydrogens is 270 g/mol. The molecule has 0 aliphatic carbocycles. The zero-order valence-electron chi connectivity index (χ0n) is 10.5. The van der Waals surface area contributed by atoms with Crippen LogP contribution in [0, 0.1) is 0 Å². The molecule has 1 atom stereocenters. The van der Waals surface area contributed by atoms with Crippen LogP contribution in [0.15, 0.2) is 17.5 Å². The molecule has 6 heteroatoms. The van der Waals surface area contributed by atoms with Crippen LogP contribution in [0.4, 0.5) is 0 Å². The van der Waals surface area contributed by atoms with E-state index in [1.54, 1.807) is 11.3 Å². The van der Waals surface area contributed by atoms with Crippen molar-refractivity contribution in [3.63, 3.8) is 0 Å². The van der Waals surface area contributed by atoms with Gasteiger partial charge in [0.2, 0.25) is 5.91 Å². The van der Waals surface area contributed by atoms with E-state index >= 15 is 0 Å². The van der Waals surface area contributed by atoms with E-state index in [1.165, 1.54) is 4.88 Å². The lowest BCUT2D eigenvalue weighted by molar-refractivity contribution is -0.122. The van der Waals surface area contributed by atoms with Crippen LogP contribution in [0.25, 0.3) is 0 Å². The second kappa shape index (κ2) is 7.74. The van der Waals surface area contributed by atoms with Gasteiger partial charge in [0.05, 0.1) is 13.1 Å². The Labute approximate surface area is 118 Å². The first-order chi connectivity index (χ1) is 8.25. The number of likely N-dealkylation sites (N-methyl/N-ethyl adjacent to an activating group) is 1. The van der Waals surface area contributed by atoms with Crippen molar-refractivity contribution in [2.45, 2.75) is 19.0 Å². The number of amides is 1. The van der Waals surface area contributed by atoms with E-state index in [1.807, 2.05) is 24.6 Å². The molecule has 2 heterocycles. The number of hydrogen-bond donors (Lipinski definition) is 2. The van der Waals surface area contributed by atoms with Gasteiger partial charge in [0.15, 0.2) is 0 Å². The first-order valence-corrected chi connectivity index (χ1v) is 6.83. The zero-order valence-corrected chi connectivity index (χ0v) is 12.1. The Morgan fingerprint density at radius 2 is 2.50 bits per heavy atom. The van der Waals surface area contributed by atoms with Crippen molar-refractivity contribution in [1.82, 2.24) is 15.5 Å². The van der Waals surface area contributed by atoms with Crippen LogP contribution >= 0.6 is 23.7 Å². The fraction of sp³-hybridized carbons (Fsp3) is 0.583. The van der Waals surface area contributed by atoms with Crippen LogP contribution in [-0.4, -0.2) is 43.5 Å². The summed E-state index contributed by atoms with van der Waals surface area (Å²) in [6.45, 7) is 3.19. The van der Waals surface area contributed by atoms with Gasteiger partial charge in [-0.05, 0) is 31.5 Å². The van der Waals surface area contributed by atoms with Gasteiger partial charge in [-0.15, -0.1) is 23.7 Å². The summed E-state index contributed by atoms with van der Waals surface area (Å²) in [5.41, 5.74) is 0. The highest BCUT2D eigenvalue weighted by molar-refractivity contribution is 7.09. The Bertz CT molecular complexity index is 352. The largest absolute Gasteiger partial charge is 0.350 e. The fourth-order valence-electron chi connectivity index (χ4n) is 2.03. The van der Waals surface area contributed by atoms with Crippen molar-refractivity contribution < 1.29 is 4.79 Å². The Kier molecular flexibility index (Phi) is 6.63. The van der Waals surface area contributed by atoms with Gasteiger partial charge < -0.3 is 10.6 Å². The molecular formula is C12H20ClN3OS. The summed E-state index contributed by atoms with van der Waals surface area (Å²) in [6.07, 6.45) is 1.13. The van der Waals surface area contributed by atoms with Crippen LogP contribution in [0.3, 0.4) is 0 Å². The quantitative estimate of drug-likeness (QED) is 0.853. The molecule has 2 N–H and O–H groups in total. The van der Waals surface area contributed by atoms with Gasteiger partial charge in [-0.3, -0.25) is 9.69 Å². The molecule has 0 aromatic carbocycles. The third kappa shape index (κ3) is 4.57. The SMILES string of the molecule is CN(CC(=O)NCc1cccs1)C1CCNC1.Cl. The fourth-order valence-corrected chi connectivity index (χ4v) is 2.67. The summed E-state index contributed by atoms with van der Waals surface area (Å²) >= 11 is 1.67. The normalized spacial score (nSPS) is 18.7. The third-order valence-electron chi connectivity index (χ3n) is 3.09. The Morgan fingerprint density at radius 1 is 1.67 bits per heavy atom. The van der Waals surface area contributed by atoms with Crippen molar-refractivity contribution in [2.24, 2.45) is 0 Å². The molecule has 1 aliphatic rings. The van der Waals surface area contributed by atoms with Gasteiger partial charge in [-0.1, -0.05) is 6.07 Å². The molecule has 1 amide bonds. The molecule has 0 spiro atoms. The lowest BCUT2D eigenvalue weighted by Gasteiger charge is -2.22. The van der Waals surface area contributed by atoms with Crippen LogP contribution in [-0.2, 0) is 11.3 Å². The van der Waals surface area contributed by atoms with E-state index in [0.717, 1.165) is 19.5 Å². The molecule has 1 aromatic rings. The summed E-state index contributed by atoms with van der Waals surface area (Å²) in [4.78, 5) is 15.1. The van der Waals surface area contributed by atoms with Crippen molar-refractivity contribution in [3.05, 3.63) is 22.4 Å². The molecule has 1 saturated heterocycles. The topological polar surface area (TPSA) is 44.4 Å². The van der Waals surface area contributed by atoms with Gasteiger partial charge in [0.25, 0.3) is 0 Å². The van der Waals surface area contributed by atoms with Gasteiger partial charge in [0, 0.05) is 17.5 Å². The maximum absolute atomic E-state index is 11.7. The Balaban J connectivity index is 0.00000162. The lowest BCUT2D eigenvalue weighted by Crippen LogP contribution is -2.41. The van der Waals surface area contributed by atoms with E-state index in [0.29, 0.717) is 19.1 Å². The number of hydrogen-bond acceptors (Lipinski definition) is 4. The number of nitrogens with one attached hydrogen (secondary N) is 2. The molecule has 1 aliphatic heterocycles. The van der Waals surface area contributed by atoms with E-state index in [4.69, 9.17) is 0 Å². The van der Waals surface area contributed by atoms with Crippen LogP contribution in [0.2, 0.25) is 0 Å². The Morgan fingerprint density at radius 3 is 3.11 bits per heavy atom. The molecule has 102 valence electrons. The molecule has 0 saturated carbocycles. The third-order valence-corrected chi connectivity index (χ3v) is 3.97. The summed E-state index contributed by atoms with van der Waals surface area (Å²) < 4.78 is 0. The second-order valence-corrected chi connectivity index (χ2v) is 5.45. The molecule has 1 unspecified atom stereocenters. The zero-order chi connectivity index (χ0) is 12.1. The lowest BCUT2D eigenvalue weighted by atomic mass is 10.2. The molecule has 2 rings (SSSR count). The van der Waals surface area contributed by atoms with Crippen molar-refractivity contribution in [2.75, 3.05) is 26.7 Å². The predicted molar refractivity (Wildman–Crippen MR) is 77.3 cm³/mol. The van der Waals surface area contributed by atoms with Gasteiger partial charge in [-0.25, -0.2) is 0 Å². The van der Waals surface area contributed by atoms with Crippen molar-refractivity contribution in [3.8, 4) is 0 Å². The van der Waals surface area contributed by atoms with Crippen LogP contribution in [0.5, 0.6) is 0 Å². The van der Waals surface area contributed by atoms with Gasteiger partial charge in [-0.2, -0.15) is 0 Å². The van der Waals surface area contributed by atoms with E-state index in [9.17, 15) is 4.79 Å². The molecule has 4 nitrogen and oxygen atoms in total. The molecule has 18 heavy (non-hydrogen) atoms. The number of thiophene rings is 1. The first kappa shape index (κ1) is 15.4. The number of halogens is 1. The minimum absolute atomic E-state index is 0. The molecule has 0 radical (unpaired) electrons. The molecule has 1 fully saturated rings. The monoisotopic (exact) mass is 289 g/mol.